The van der Waals surface area contributed by atoms with E-state index in [2.05, 4.69) is 29.4 Å². The molecule has 0 aromatic carbocycles. The van der Waals surface area contributed by atoms with Gasteiger partial charge in [0.25, 0.3) is 0 Å². The van der Waals surface area contributed by atoms with Crippen molar-refractivity contribution in [3.63, 3.8) is 0 Å². The normalized spacial score (nSPS) is 18.4. The monoisotopic (exact) mass is 192 g/mol. The summed E-state index contributed by atoms with van der Waals surface area (Å²) >= 11 is 0. The van der Waals surface area contributed by atoms with E-state index < -0.39 is 0 Å². The van der Waals surface area contributed by atoms with Crippen molar-refractivity contribution in [3.05, 3.63) is 24.0 Å². The van der Waals surface area contributed by atoms with E-state index in [0.29, 0.717) is 5.41 Å². The summed E-state index contributed by atoms with van der Waals surface area (Å²) in [6.07, 6.45) is 7.56. The second-order valence-electron chi connectivity index (χ2n) is 4.55. The Morgan fingerprint density at radius 2 is 2.36 bits per heavy atom. The summed E-state index contributed by atoms with van der Waals surface area (Å²) in [4.78, 5) is 3.21. The molecule has 1 aromatic rings. The van der Waals surface area contributed by atoms with Gasteiger partial charge in [0.1, 0.15) is 0 Å². The molecule has 0 spiro atoms. The van der Waals surface area contributed by atoms with E-state index in [-0.39, 0.29) is 0 Å². The fraction of sp³-hybridized carbons (Fsp3) is 0.667. The lowest BCUT2D eigenvalue weighted by Crippen LogP contribution is -2.23. The number of H-pyrrole nitrogens is 1. The zero-order chi connectivity index (χ0) is 9.86. The van der Waals surface area contributed by atoms with E-state index in [1.807, 2.05) is 6.20 Å². The van der Waals surface area contributed by atoms with Crippen molar-refractivity contribution in [1.29, 1.82) is 0 Å². The van der Waals surface area contributed by atoms with E-state index in [1.165, 1.54) is 37.9 Å². The minimum atomic E-state index is 0.668. The lowest BCUT2D eigenvalue weighted by molar-refractivity contribution is 0.420. The van der Waals surface area contributed by atoms with Crippen LogP contribution in [0.3, 0.4) is 0 Å². The van der Waals surface area contributed by atoms with Crippen molar-refractivity contribution in [1.82, 2.24) is 10.3 Å². The second kappa shape index (κ2) is 4.18. The van der Waals surface area contributed by atoms with Gasteiger partial charge >= 0.3 is 0 Å². The van der Waals surface area contributed by atoms with Crippen LogP contribution >= 0.6 is 0 Å². The van der Waals surface area contributed by atoms with Crippen LogP contribution < -0.4 is 5.32 Å². The molecule has 1 aromatic heterocycles. The Kier molecular flexibility index (Phi) is 2.92. The van der Waals surface area contributed by atoms with Gasteiger partial charge in [-0.15, -0.1) is 0 Å². The Hall–Kier alpha value is -0.760. The van der Waals surface area contributed by atoms with Crippen molar-refractivity contribution in [2.24, 2.45) is 5.41 Å². The zero-order valence-electron chi connectivity index (χ0n) is 8.97. The van der Waals surface area contributed by atoms with Crippen molar-refractivity contribution < 1.29 is 0 Å². The molecule has 2 nitrogen and oxygen atoms in total. The van der Waals surface area contributed by atoms with Crippen LogP contribution in [0, 0.1) is 5.41 Å². The quantitative estimate of drug-likeness (QED) is 0.712. The van der Waals surface area contributed by atoms with Crippen molar-refractivity contribution >= 4 is 0 Å². The van der Waals surface area contributed by atoms with Crippen LogP contribution in [-0.2, 0) is 6.54 Å². The van der Waals surface area contributed by atoms with Crippen LogP contribution in [0.5, 0.6) is 0 Å². The van der Waals surface area contributed by atoms with Gasteiger partial charge in [-0.2, -0.15) is 0 Å². The molecule has 78 valence electrons. The molecule has 1 heterocycles. The summed E-state index contributed by atoms with van der Waals surface area (Å²) in [5.41, 5.74) is 1.96. The lowest BCUT2D eigenvalue weighted by atomic mass is 10.0. The fourth-order valence-electron chi connectivity index (χ4n) is 2.16. The average Bonchev–Trinajstić information content (AvgIpc) is 2.75. The molecule has 14 heavy (non-hydrogen) atoms. The van der Waals surface area contributed by atoms with Crippen molar-refractivity contribution in [2.45, 2.75) is 39.2 Å². The molecule has 1 saturated carbocycles. The van der Waals surface area contributed by atoms with Crippen LogP contribution in [0.15, 0.2) is 18.3 Å². The van der Waals surface area contributed by atoms with Gasteiger partial charge in [0.2, 0.25) is 0 Å². The molecule has 1 aliphatic carbocycles. The summed E-state index contributed by atoms with van der Waals surface area (Å²) in [6.45, 7) is 4.46. The smallest absolute Gasteiger partial charge is 0.0357 e. The van der Waals surface area contributed by atoms with Gasteiger partial charge in [-0.1, -0.05) is 13.3 Å². The van der Waals surface area contributed by atoms with Gasteiger partial charge in [0.15, 0.2) is 0 Å². The first-order valence-corrected chi connectivity index (χ1v) is 5.68. The van der Waals surface area contributed by atoms with Crippen LogP contribution in [-0.4, -0.2) is 11.5 Å². The number of aromatic amines is 1. The minimum absolute atomic E-state index is 0.668. The van der Waals surface area contributed by atoms with Crippen LogP contribution in [0.4, 0.5) is 0 Å². The Bertz CT molecular complexity index is 260. The van der Waals surface area contributed by atoms with E-state index in [4.69, 9.17) is 0 Å². The molecule has 2 heteroatoms. The largest absolute Gasteiger partial charge is 0.364 e. The first-order valence-electron chi connectivity index (χ1n) is 5.68. The number of hydrogen-bond acceptors (Lipinski definition) is 1. The Labute approximate surface area is 86.1 Å². The molecular formula is C12H20N2. The maximum absolute atomic E-state index is 3.54. The van der Waals surface area contributed by atoms with E-state index in [1.54, 1.807) is 0 Å². The zero-order valence-corrected chi connectivity index (χ0v) is 8.97. The summed E-state index contributed by atoms with van der Waals surface area (Å²) in [6, 6.07) is 4.18. The van der Waals surface area contributed by atoms with Gasteiger partial charge in [-0.05, 0) is 36.8 Å². The molecule has 2 N–H and O–H groups in total. The molecule has 0 aliphatic heterocycles. The van der Waals surface area contributed by atoms with Gasteiger partial charge in [0.05, 0.1) is 0 Å². The number of nitrogens with one attached hydrogen (secondary N) is 2. The third kappa shape index (κ3) is 2.38. The lowest BCUT2D eigenvalue weighted by Gasteiger charge is -2.14. The van der Waals surface area contributed by atoms with Gasteiger partial charge in [0, 0.05) is 25.0 Å². The molecule has 0 saturated heterocycles. The molecule has 1 aliphatic rings. The maximum atomic E-state index is 3.54. The Morgan fingerprint density at radius 1 is 1.50 bits per heavy atom. The van der Waals surface area contributed by atoms with Crippen molar-refractivity contribution in [2.75, 3.05) is 6.54 Å². The summed E-state index contributed by atoms with van der Waals surface area (Å²) in [5, 5.41) is 3.54. The van der Waals surface area contributed by atoms with Gasteiger partial charge in [-0.3, -0.25) is 0 Å². The first-order chi connectivity index (χ1) is 6.85. The summed E-state index contributed by atoms with van der Waals surface area (Å²) < 4.78 is 0. The highest BCUT2D eigenvalue weighted by Gasteiger charge is 2.40. The predicted molar refractivity (Wildman–Crippen MR) is 59.1 cm³/mol. The van der Waals surface area contributed by atoms with Crippen LogP contribution in [0.1, 0.15) is 38.3 Å². The fourth-order valence-corrected chi connectivity index (χ4v) is 2.16. The number of rotatable bonds is 6. The standard InChI is InChI=1S/C12H20N2/c1-2-5-12(6-7-12)10-13-9-11-4-3-8-14-11/h3-4,8,13-14H,2,5-7,9-10H2,1H3. The summed E-state index contributed by atoms with van der Waals surface area (Å²) in [5.74, 6) is 0. The van der Waals surface area contributed by atoms with E-state index in [9.17, 15) is 0 Å². The molecule has 1 fully saturated rings. The van der Waals surface area contributed by atoms with Gasteiger partial charge < -0.3 is 10.3 Å². The topological polar surface area (TPSA) is 27.8 Å². The highest BCUT2D eigenvalue weighted by atomic mass is 14.9. The SMILES string of the molecule is CCCC1(CNCc2ccc[nH]2)CC1. The minimum Gasteiger partial charge on any atom is -0.364 e. The van der Waals surface area contributed by atoms with Crippen LogP contribution in [0.25, 0.3) is 0 Å². The first kappa shape index (κ1) is 9.78. The highest BCUT2D eigenvalue weighted by molar-refractivity contribution is 5.03. The third-order valence-electron chi connectivity index (χ3n) is 3.22. The number of hydrogen-bond donors (Lipinski definition) is 2. The molecule has 0 bridgehead atoms. The molecule has 0 amide bonds. The third-order valence-corrected chi connectivity index (χ3v) is 3.22. The van der Waals surface area contributed by atoms with Crippen molar-refractivity contribution in [3.8, 4) is 0 Å². The van der Waals surface area contributed by atoms with Gasteiger partial charge in [-0.25, -0.2) is 0 Å². The molecule has 0 unspecified atom stereocenters. The van der Waals surface area contributed by atoms with E-state index >= 15 is 0 Å². The highest BCUT2D eigenvalue weighted by Crippen LogP contribution is 2.48. The second-order valence-corrected chi connectivity index (χ2v) is 4.55. The molecule has 2 rings (SSSR count). The Morgan fingerprint density at radius 3 is 2.93 bits per heavy atom. The number of aromatic nitrogens is 1. The van der Waals surface area contributed by atoms with Crippen LogP contribution in [0.2, 0.25) is 0 Å². The summed E-state index contributed by atoms with van der Waals surface area (Å²) in [7, 11) is 0. The van der Waals surface area contributed by atoms with E-state index in [0.717, 1.165) is 6.54 Å². The molecular weight excluding hydrogens is 172 g/mol. The Balaban J connectivity index is 1.68. The predicted octanol–water partition coefficient (Wildman–Crippen LogP) is 2.68. The molecule has 0 radical (unpaired) electrons. The maximum Gasteiger partial charge on any atom is 0.0357 e. The average molecular weight is 192 g/mol. The molecule has 0 atom stereocenters.